The molecule has 0 bridgehead atoms. The van der Waals surface area contributed by atoms with E-state index < -0.39 is 29.3 Å². The Morgan fingerprint density at radius 3 is 2.37 bits per heavy atom. The monoisotopic (exact) mass is 631 g/mol. The predicted molar refractivity (Wildman–Crippen MR) is 169 cm³/mol. The van der Waals surface area contributed by atoms with Crippen molar-refractivity contribution in [3.63, 3.8) is 0 Å². The minimum absolute atomic E-state index is 0.0400. The fourth-order valence-electron chi connectivity index (χ4n) is 5.63. The summed E-state index contributed by atoms with van der Waals surface area (Å²) in [6.45, 7) is 8.72. The van der Waals surface area contributed by atoms with E-state index in [-0.39, 0.29) is 24.5 Å². The number of hydrogen-bond acceptors (Lipinski definition) is 7. The van der Waals surface area contributed by atoms with Crippen molar-refractivity contribution in [2.24, 2.45) is 5.92 Å². The number of ether oxygens (including phenoxy) is 2. The van der Waals surface area contributed by atoms with Gasteiger partial charge in [0.25, 0.3) is 0 Å². The van der Waals surface area contributed by atoms with E-state index in [1.807, 2.05) is 70.2 Å². The largest absolute Gasteiger partial charge is 0.456 e. The molecule has 0 radical (unpaired) electrons. The third-order valence-corrected chi connectivity index (χ3v) is 7.84. The van der Waals surface area contributed by atoms with Crippen LogP contribution in [0.2, 0.25) is 0 Å². The third kappa shape index (κ3) is 7.75. The summed E-state index contributed by atoms with van der Waals surface area (Å²) in [5.41, 5.74) is 4.17. The van der Waals surface area contributed by atoms with Crippen molar-refractivity contribution in [3.8, 4) is 16.9 Å². The fraction of sp³-hybridized carbons (Fsp3) is 0.361. The van der Waals surface area contributed by atoms with Crippen LogP contribution < -0.4 is 0 Å². The molecule has 8 nitrogen and oxygen atoms in total. The summed E-state index contributed by atoms with van der Waals surface area (Å²) in [5, 5.41) is 6.63. The number of methoxy groups -OCH3 is 1. The molecule has 1 saturated heterocycles. The van der Waals surface area contributed by atoms with Crippen LogP contribution in [-0.4, -0.2) is 59.0 Å². The van der Waals surface area contributed by atoms with Gasteiger partial charge in [-0.15, -0.1) is 0 Å². The number of hydrogen-bond donors (Lipinski definition) is 0. The Morgan fingerprint density at radius 2 is 1.72 bits per heavy atom. The summed E-state index contributed by atoms with van der Waals surface area (Å²) in [7, 11) is 1.59. The number of para-hydroxylation sites is 1. The van der Waals surface area contributed by atoms with Gasteiger partial charge >= 0.3 is 5.97 Å². The number of Topliss-reactive ketones (excluding diaryl/α,β-unsaturated/α-hetero) is 1. The molecule has 2 atom stereocenters. The highest BCUT2D eigenvalue weighted by Crippen LogP contribution is 2.37. The van der Waals surface area contributed by atoms with Crippen LogP contribution >= 0.6 is 0 Å². The van der Waals surface area contributed by atoms with Crippen LogP contribution in [0.1, 0.15) is 60.5 Å². The van der Waals surface area contributed by atoms with Crippen LogP contribution in [-0.2, 0) is 25.5 Å². The number of hydroxylamine groups is 2. The molecule has 0 aliphatic carbocycles. The van der Waals surface area contributed by atoms with Gasteiger partial charge in [-0.05, 0) is 75.2 Å². The van der Waals surface area contributed by atoms with Crippen molar-refractivity contribution in [1.82, 2.24) is 14.8 Å². The molecule has 5 rings (SSSR count). The summed E-state index contributed by atoms with van der Waals surface area (Å²) in [4.78, 5) is 32.4. The number of benzene rings is 3. The number of carbonyl (C=O) groups excluding carboxylic acids is 2. The maximum atomic E-state index is 14.2. The topological polar surface area (TPSA) is 82.9 Å². The minimum Gasteiger partial charge on any atom is -0.456 e. The Morgan fingerprint density at radius 1 is 1.00 bits per heavy atom. The van der Waals surface area contributed by atoms with E-state index in [2.05, 4.69) is 0 Å². The zero-order valence-corrected chi connectivity index (χ0v) is 26.8. The highest BCUT2D eigenvalue weighted by atomic mass is 19.2. The Kier molecular flexibility index (Phi) is 10.1. The minimum atomic E-state index is -0.962. The number of halogens is 2. The number of rotatable bonds is 11. The molecule has 1 aliphatic heterocycles. The van der Waals surface area contributed by atoms with Crippen molar-refractivity contribution < 1.29 is 32.7 Å². The van der Waals surface area contributed by atoms with Crippen molar-refractivity contribution in [1.29, 1.82) is 0 Å². The molecule has 0 N–H and O–H groups in total. The first kappa shape index (κ1) is 33.1. The van der Waals surface area contributed by atoms with Crippen LogP contribution in [0.5, 0.6) is 0 Å². The van der Waals surface area contributed by atoms with E-state index >= 15 is 0 Å². The standard InChI is InChI=1S/C36H39F2N3O5/c1-23-32(21-29(42)19-27-22-40(17-18-44-5)46-34(27)26-15-16-30(37)31(38)20-26)41(28-9-7-6-8-10-28)39-33(23)24-11-13-25(14-12-24)35(43)45-36(2,3)4/h6-16,20,27,34H,17-19,21-22H2,1-5H3/t27-,34+/m1/s1. The lowest BCUT2D eigenvalue weighted by Crippen LogP contribution is -2.24. The lowest BCUT2D eigenvalue weighted by molar-refractivity contribution is -0.155. The highest BCUT2D eigenvalue weighted by Gasteiger charge is 2.37. The molecule has 1 aliphatic rings. The van der Waals surface area contributed by atoms with Crippen LogP contribution in [0.4, 0.5) is 8.78 Å². The molecule has 0 saturated carbocycles. The van der Waals surface area contributed by atoms with Gasteiger partial charge in [0.2, 0.25) is 0 Å². The molecule has 0 spiro atoms. The molecule has 4 aromatic rings. The highest BCUT2D eigenvalue weighted by molar-refractivity contribution is 5.90. The smallest absolute Gasteiger partial charge is 0.338 e. The Balaban J connectivity index is 1.41. The maximum absolute atomic E-state index is 14.2. The van der Waals surface area contributed by atoms with Crippen LogP contribution in [0.25, 0.3) is 16.9 Å². The van der Waals surface area contributed by atoms with Gasteiger partial charge in [-0.2, -0.15) is 10.2 Å². The van der Waals surface area contributed by atoms with Gasteiger partial charge in [0.1, 0.15) is 17.5 Å². The molecule has 2 heterocycles. The zero-order chi connectivity index (χ0) is 33.0. The van der Waals surface area contributed by atoms with Crippen LogP contribution in [0.15, 0.2) is 72.8 Å². The number of ketones is 1. The van der Waals surface area contributed by atoms with Gasteiger partial charge in [0.05, 0.1) is 29.2 Å². The molecule has 1 fully saturated rings. The molecule has 46 heavy (non-hydrogen) atoms. The fourth-order valence-corrected chi connectivity index (χ4v) is 5.63. The number of carbonyl (C=O) groups is 2. The van der Waals surface area contributed by atoms with Crippen molar-refractivity contribution in [3.05, 3.63) is 107 Å². The number of nitrogens with zero attached hydrogens (tertiary/aromatic N) is 3. The number of esters is 1. The lowest BCUT2D eigenvalue weighted by Gasteiger charge is -2.19. The normalized spacial score (nSPS) is 16.9. The molecular formula is C36H39F2N3O5. The van der Waals surface area contributed by atoms with E-state index in [9.17, 15) is 18.4 Å². The van der Waals surface area contributed by atoms with E-state index in [1.165, 1.54) is 6.07 Å². The molecular weight excluding hydrogens is 592 g/mol. The molecule has 10 heteroatoms. The first-order valence-corrected chi connectivity index (χ1v) is 15.3. The first-order chi connectivity index (χ1) is 21.9. The van der Waals surface area contributed by atoms with E-state index in [4.69, 9.17) is 19.4 Å². The third-order valence-electron chi connectivity index (χ3n) is 7.84. The second-order valence-corrected chi connectivity index (χ2v) is 12.5. The first-order valence-electron chi connectivity index (χ1n) is 15.3. The van der Waals surface area contributed by atoms with Gasteiger partial charge in [-0.25, -0.2) is 18.3 Å². The molecule has 242 valence electrons. The van der Waals surface area contributed by atoms with Gasteiger partial charge < -0.3 is 9.47 Å². The van der Waals surface area contributed by atoms with Crippen molar-refractivity contribution in [2.75, 3.05) is 26.8 Å². The second-order valence-electron chi connectivity index (χ2n) is 12.5. The summed E-state index contributed by atoms with van der Waals surface area (Å²) in [6.07, 6.45) is -0.356. The molecule has 0 unspecified atom stereocenters. The van der Waals surface area contributed by atoms with Gasteiger partial charge in [-0.3, -0.25) is 9.63 Å². The van der Waals surface area contributed by atoms with Gasteiger partial charge in [0, 0.05) is 44.5 Å². The summed E-state index contributed by atoms with van der Waals surface area (Å²) >= 11 is 0. The molecule has 1 aromatic heterocycles. The van der Waals surface area contributed by atoms with E-state index in [0.29, 0.717) is 36.5 Å². The average molecular weight is 632 g/mol. The predicted octanol–water partition coefficient (Wildman–Crippen LogP) is 6.83. The Bertz CT molecular complexity index is 1680. The lowest BCUT2D eigenvalue weighted by atomic mass is 9.90. The summed E-state index contributed by atoms with van der Waals surface area (Å²) in [5.74, 6) is -2.64. The second kappa shape index (κ2) is 14.0. The van der Waals surface area contributed by atoms with Crippen molar-refractivity contribution in [2.45, 2.75) is 52.2 Å². The molecule has 3 aromatic carbocycles. The summed E-state index contributed by atoms with van der Waals surface area (Å²) < 4.78 is 40.3. The van der Waals surface area contributed by atoms with E-state index in [1.54, 1.807) is 29.0 Å². The quantitative estimate of drug-likeness (QED) is 0.168. The Labute approximate surface area is 267 Å². The van der Waals surface area contributed by atoms with Gasteiger partial charge in [0.15, 0.2) is 11.6 Å². The van der Waals surface area contributed by atoms with Crippen molar-refractivity contribution >= 4 is 11.8 Å². The zero-order valence-electron chi connectivity index (χ0n) is 26.8. The van der Waals surface area contributed by atoms with E-state index in [0.717, 1.165) is 34.6 Å². The SMILES string of the molecule is COCCN1C[C@@H](CC(=O)Cc2c(C)c(-c3ccc(C(=O)OC(C)(C)C)cc3)nn2-c2ccccc2)[C@H](c2ccc(F)c(F)c2)O1. The van der Waals surface area contributed by atoms with Crippen LogP contribution in [0.3, 0.4) is 0 Å². The maximum Gasteiger partial charge on any atom is 0.338 e. The van der Waals surface area contributed by atoms with Gasteiger partial charge in [-0.1, -0.05) is 36.4 Å². The Hall–Kier alpha value is -4.25. The molecule has 0 amide bonds. The number of aromatic nitrogens is 2. The average Bonchev–Trinajstić information content (AvgIpc) is 3.57. The summed E-state index contributed by atoms with van der Waals surface area (Å²) in [6, 6.07) is 20.4. The van der Waals surface area contributed by atoms with Crippen LogP contribution in [0, 0.1) is 24.5 Å².